The van der Waals surface area contributed by atoms with Gasteiger partial charge >= 0.3 is 0 Å². The SMILES string of the molecule is O=C(c1cccs1)[C@H]1[C@H](c2ccccc2)C2CCCN2C12C(=O)c1ccccc1C2=O. The Morgan fingerprint density at radius 3 is 2.23 bits per heavy atom. The molecule has 0 amide bonds. The molecular formula is C26H21NO3S. The van der Waals surface area contributed by atoms with Crippen molar-refractivity contribution in [2.75, 3.05) is 6.54 Å². The molecule has 2 aromatic carbocycles. The predicted molar refractivity (Wildman–Crippen MR) is 119 cm³/mol. The van der Waals surface area contributed by atoms with Gasteiger partial charge in [-0.3, -0.25) is 19.3 Å². The van der Waals surface area contributed by atoms with Crippen LogP contribution in [0.4, 0.5) is 0 Å². The maximum atomic E-state index is 14.0. The third-order valence-corrected chi connectivity index (χ3v) is 8.20. The number of benzene rings is 2. The highest BCUT2D eigenvalue weighted by Crippen LogP contribution is 2.57. The molecule has 0 saturated carbocycles. The molecule has 3 atom stereocenters. The van der Waals surface area contributed by atoms with Crippen LogP contribution in [-0.4, -0.2) is 40.4 Å². The smallest absolute Gasteiger partial charge is 0.192 e. The molecule has 0 N–H and O–H groups in total. The fraction of sp³-hybridized carbons (Fsp3) is 0.269. The van der Waals surface area contributed by atoms with E-state index >= 15 is 0 Å². The van der Waals surface area contributed by atoms with Crippen molar-refractivity contribution in [2.24, 2.45) is 5.92 Å². The summed E-state index contributed by atoms with van der Waals surface area (Å²) in [6.45, 7) is 0.660. The molecular weight excluding hydrogens is 406 g/mol. The summed E-state index contributed by atoms with van der Waals surface area (Å²) in [5, 5.41) is 1.88. The van der Waals surface area contributed by atoms with Gasteiger partial charge in [0.15, 0.2) is 22.9 Å². The monoisotopic (exact) mass is 427 g/mol. The van der Waals surface area contributed by atoms with E-state index in [1.165, 1.54) is 11.3 Å². The number of hydrogen-bond donors (Lipinski definition) is 0. The van der Waals surface area contributed by atoms with E-state index in [-0.39, 0.29) is 29.3 Å². The molecule has 2 fully saturated rings. The molecule has 5 heteroatoms. The highest BCUT2D eigenvalue weighted by Gasteiger charge is 2.72. The predicted octanol–water partition coefficient (Wildman–Crippen LogP) is 4.63. The number of hydrogen-bond acceptors (Lipinski definition) is 5. The molecule has 1 spiro atoms. The average molecular weight is 428 g/mol. The summed E-state index contributed by atoms with van der Waals surface area (Å²) in [7, 11) is 0. The van der Waals surface area contributed by atoms with Crippen LogP contribution < -0.4 is 0 Å². The molecule has 1 unspecified atom stereocenters. The van der Waals surface area contributed by atoms with E-state index in [0.717, 1.165) is 18.4 Å². The summed E-state index contributed by atoms with van der Waals surface area (Å²) in [5.74, 6) is -1.42. The van der Waals surface area contributed by atoms with Gasteiger partial charge in [-0.15, -0.1) is 11.3 Å². The molecule has 0 bridgehead atoms. The molecule has 31 heavy (non-hydrogen) atoms. The molecule has 2 saturated heterocycles. The molecule has 6 rings (SSSR count). The third-order valence-electron chi connectivity index (χ3n) is 7.32. The molecule has 3 aromatic rings. The van der Waals surface area contributed by atoms with Crippen molar-refractivity contribution in [1.29, 1.82) is 0 Å². The number of Topliss-reactive ketones (excluding diaryl/α,β-unsaturated/α-hetero) is 3. The van der Waals surface area contributed by atoms with E-state index in [0.29, 0.717) is 22.5 Å². The molecule has 4 nitrogen and oxygen atoms in total. The second-order valence-corrected chi connectivity index (χ2v) is 9.58. The van der Waals surface area contributed by atoms with Crippen molar-refractivity contribution < 1.29 is 14.4 Å². The van der Waals surface area contributed by atoms with Gasteiger partial charge in [-0.05, 0) is 36.4 Å². The topological polar surface area (TPSA) is 54.5 Å². The standard InChI is InChI=1S/C26H21NO3S/c28-23(20-13-7-15-31-20)22-21(16-8-2-1-3-9-16)19-12-6-14-27(19)26(22)24(29)17-10-4-5-11-18(17)25(26)30/h1-5,7-11,13,15,19,21-22H,6,12,14H2/t19?,21-,22-/m1/s1. The van der Waals surface area contributed by atoms with Gasteiger partial charge in [-0.1, -0.05) is 60.7 Å². The minimum absolute atomic E-state index is 0.00137. The van der Waals surface area contributed by atoms with Crippen LogP contribution >= 0.6 is 11.3 Å². The number of fused-ring (bicyclic) bond motifs is 3. The Balaban J connectivity index is 1.62. The van der Waals surface area contributed by atoms with E-state index in [2.05, 4.69) is 4.90 Å². The van der Waals surface area contributed by atoms with Crippen LogP contribution in [0.5, 0.6) is 0 Å². The minimum Gasteiger partial charge on any atom is -0.293 e. The number of rotatable bonds is 3. The first-order chi connectivity index (χ1) is 15.2. The van der Waals surface area contributed by atoms with Crippen LogP contribution in [0.3, 0.4) is 0 Å². The van der Waals surface area contributed by atoms with Crippen molar-refractivity contribution in [1.82, 2.24) is 4.90 Å². The summed E-state index contributed by atoms with van der Waals surface area (Å²) in [4.78, 5) is 44.8. The summed E-state index contributed by atoms with van der Waals surface area (Å²) in [5.41, 5.74) is 0.501. The molecule has 3 aliphatic rings. The molecule has 0 radical (unpaired) electrons. The average Bonchev–Trinajstić information content (AvgIpc) is 3.57. The number of thiophene rings is 1. The fourth-order valence-electron chi connectivity index (χ4n) is 6.22. The van der Waals surface area contributed by atoms with E-state index < -0.39 is 11.5 Å². The first-order valence-electron chi connectivity index (χ1n) is 10.7. The lowest BCUT2D eigenvalue weighted by atomic mass is 9.70. The van der Waals surface area contributed by atoms with Gasteiger partial charge in [0.2, 0.25) is 0 Å². The summed E-state index contributed by atoms with van der Waals surface area (Å²) >= 11 is 1.38. The van der Waals surface area contributed by atoms with Gasteiger partial charge in [-0.2, -0.15) is 0 Å². The van der Waals surface area contributed by atoms with Gasteiger partial charge in [0, 0.05) is 23.1 Å². The van der Waals surface area contributed by atoms with Crippen LogP contribution in [0.25, 0.3) is 0 Å². The van der Waals surface area contributed by atoms with Crippen molar-refractivity contribution in [3.63, 3.8) is 0 Å². The van der Waals surface area contributed by atoms with Crippen molar-refractivity contribution in [2.45, 2.75) is 30.3 Å². The third kappa shape index (κ3) is 2.36. The Kier molecular flexibility index (Phi) is 4.14. The lowest BCUT2D eigenvalue weighted by molar-refractivity contribution is 0.0473. The molecule has 2 aliphatic heterocycles. The van der Waals surface area contributed by atoms with Crippen molar-refractivity contribution in [3.05, 3.63) is 93.7 Å². The fourth-order valence-corrected chi connectivity index (χ4v) is 6.92. The summed E-state index contributed by atoms with van der Waals surface area (Å²) < 4.78 is 0. The van der Waals surface area contributed by atoms with Crippen LogP contribution in [0, 0.1) is 5.92 Å². The lowest BCUT2D eigenvalue weighted by Crippen LogP contribution is -2.58. The quantitative estimate of drug-likeness (QED) is 0.452. The second kappa shape index (κ2) is 6.81. The van der Waals surface area contributed by atoms with Crippen LogP contribution in [0.1, 0.15) is 54.7 Å². The van der Waals surface area contributed by atoms with E-state index in [1.807, 2.05) is 47.8 Å². The number of ketones is 3. The molecule has 154 valence electrons. The maximum absolute atomic E-state index is 14.0. The zero-order valence-corrected chi connectivity index (χ0v) is 17.7. The Morgan fingerprint density at radius 1 is 0.903 bits per heavy atom. The Labute approximate surface area is 184 Å². The first kappa shape index (κ1) is 18.8. The highest BCUT2D eigenvalue weighted by molar-refractivity contribution is 7.12. The first-order valence-corrected chi connectivity index (χ1v) is 11.6. The largest absolute Gasteiger partial charge is 0.293 e. The maximum Gasteiger partial charge on any atom is 0.192 e. The van der Waals surface area contributed by atoms with Gasteiger partial charge in [0.1, 0.15) is 0 Å². The van der Waals surface area contributed by atoms with Gasteiger partial charge < -0.3 is 0 Å². The van der Waals surface area contributed by atoms with E-state index in [9.17, 15) is 14.4 Å². The van der Waals surface area contributed by atoms with Crippen molar-refractivity contribution >= 4 is 28.7 Å². The van der Waals surface area contributed by atoms with Crippen LogP contribution in [0.15, 0.2) is 72.1 Å². The van der Waals surface area contributed by atoms with Gasteiger partial charge in [0.25, 0.3) is 0 Å². The lowest BCUT2D eigenvalue weighted by Gasteiger charge is -2.35. The summed E-state index contributed by atoms with van der Waals surface area (Å²) in [6, 6.07) is 20.7. The van der Waals surface area contributed by atoms with Gasteiger partial charge in [0.05, 0.1) is 10.8 Å². The zero-order chi connectivity index (χ0) is 21.2. The molecule has 3 heterocycles. The number of nitrogens with zero attached hydrogens (tertiary/aromatic N) is 1. The molecule has 1 aliphatic carbocycles. The van der Waals surface area contributed by atoms with Crippen LogP contribution in [-0.2, 0) is 0 Å². The zero-order valence-electron chi connectivity index (χ0n) is 16.9. The highest BCUT2D eigenvalue weighted by atomic mass is 32.1. The van der Waals surface area contributed by atoms with E-state index in [4.69, 9.17) is 0 Å². The van der Waals surface area contributed by atoms with Gasteiger partial charge in [-0.25, -0.2) is 0 Å². The number of carbonyl (C=O) groups is 3. The van der Waals surface area contributed by atoms with E-state index in [1.54, 1.807) is 24.3 Å². The normalized spacial score (nSPS) is 26.4. The Hall–Kier alpha value is -2.89. The molecule has 1 aromatic heterocycles. The Morgan fingerprint density at radius 2 is 1.58 bits per heavy atom. The summed E-state index contributed by atoms with van der Waals surface area (Å²) in [6.07, 6.45) is 1.80. The van der Waals surface area contributed by atoms with Crippen LogP contribution in [0.2, 0.25) is 0 Å². The Bertz CT molecular complexity index is 1170. The number of carbonyl (C=O) groups excluding carboxylic acids is 3. The van der Waals surface area contributed by atoms with Crippen molar-refractivity contribution in [3.8, 4) is 0 Å². The minimum atomic E-state index is -1.44. The second-order valence-electron chi connectivity index (χ2n) is 8.63.